The number of benzene rings is 1. The number of nitrogens with one attached hydrogen (secondary N) is 1. The SMILES string of the molecule is CCCc1noc(CCC(=O)NCC(O)COCc2ccc(OC)cc2)n1. The molecule has 1 unspecified atom stereocenters. The molecule has 0 saturated carbocycles. The highest BCUT2D eigenvalue weighted by Crippen LogP contribution is 2.12. The molecule has 0 radical (unpaired) electrons. The zero-order valence-corrected chi connectivity index (χ0v) is 15.8. The second kappa shape index (κ2) is 11.3. The summed E-state index contributed by atoms with van der Waals surface area (Å²) in [6.45, 7) is 2.68. The van der Waals surface area contributed by atoms with Crippen molar-refractivity contribution in [2.75, 3.05) is 20.3 Å². The Labute approximate surface area is 158 Å². The summed E-state index contributed by atoms with van der Waals surface area (Å²) >= 11 is 0. The maximum atomic E-state index is 11.8. The van der Waals surface area contributed by atoms with Gasteiger partial charge in [-0.2, -0.15) is 4.98 Å². The molecule has 1 heterocycles. The minimum atomic E-state index is -0.772. The number of rotatable bonds is 12. The Morgan fingerprint density at radius 2 is 2.07 bits per heavy atom. The molecule has 1 aromatic heterocycles. The number of amides is 1. The van der Waals surface area contributed by atoms with E-state index in [0.29, 0.717) is 24.7 Å². The summed E-state index contributed by atoms with van der Waals surface area (Å²) < 4.78 is 15.6. The van der Waals surface area contributed by atoms with Gasteiger partial charge in [0.15, 0.2) is 5.82 Å². The summed E-state index contributed by atoms with van der Waals surface area (Å²) in [5.74, 6) is 1.72. The summed E-state index contributed by atoms with van der Waals surface area (Å²) in [6, 6.07) is 7.50. The van der Waals surface area contributed by atoms with E-state index in [4.69, 9.17) is 14.0 Å². The highest BCUT2D eigenvalue weighted by molar-refractivity contribution is 5.76. The molecule has 2 rings (SSSR count). The van der Waals surface area contributed by atoms with Crippen LogP contribution in [0.25, 0.3) is 0 Å². The Kier molecular flexibility index (Phi) is 8.73. The van der Waals surface area contributed by atoms with Crippen molar-refractivity contribution >= 4 is 5.91 Å². The van der Waals surface area contributed by atoms with Gasteiger partial charge in [-0.25, -0.2) is 0 Å². The summed E-state index contributed by atoms with van der Waals surface area (Å²) in [5.41, 5.74) is 0.981. The standard InChI is InChI=1S/C19H27N3O5/c1-3-4-17-21-19(27-22-17)10-9-18(24)20-11-15(23)13-26-12-14-5-7-16(25-2)8-6-14/h5-8,15,23H,3-4,9-13H2,1-2H3,(H,20,24). The van der Waals surface area contributed by atoms with Crippen LogP contribution in [-0.2, 0) is 29.0 Å². The van der Waals surface area contributed by atoms with Crippen LogP contribution in [0.4, 0.5) is 0 Å². The van der Waals surface area contributed by atoms with Crippen LogP contribution in [-0.4, -0.2) is 47.5 Å². The van der Waals surface area contributed by atoms with E-state index in [1.54, 1.807) is 7.11 Å². The Morgan fingerprint density at radius 1 is 1.30 bits per heavy atom. The average molecular weight is 377 g/mol. The number of aliphatic hydroxyl groups excluding tert-OH is 1. The van der Waals surface area contributed by atoms with Gasteiger partial charge in [-0.15, -0.1) is 0 Å². The third-order valence-corrected chi connectivity index (χ3v) is 3.82. The molecule has 0 saturated heterocycles. The van der Waals surface area contributed by atoms with Gasteiger partial charge in [0.25, 0.3) is 0 Å². The van der Waals surface area contributed by atoms with Crippen molar-refractivity contribution in [3.05, 3.63) is 41.5 Å². The molecule has 0 bridgehead atoms. The number of carbonyl (C=O) groups excluding carboxylic acids is 1. The first kappa shape index (κ1) is 20.9. The highest BCUT2D eigenvalue weighted by atomic mass is 16.5. The second-order valence-corrected chi connectivity index (χ2v) is 6.18. The minimum absolute atomic E-state index is 0.131. The molecule has 1 atom stereocenters. The summed E-state index contributed by atoms with van der Waals surface area (Å²) in [4.78, 5) is 16.1. The number of ether oxygens (including phenoxy) is 2. The number of aromatic nitrogens is 2. The highest BCUT2D eigenvalue weighted by Gasteiger charge is 2.11. The summed E-state index contributed by atoms with van der Waals surface area (Å²) in [7, 11) is 1.61. The van der Waals surface area contributed by atoms with Crippen LogP contribution in [0.5, 0.6) is 5.75 Å². The fourth-order valence-corrected chi connectivity index (χ4v) is 2.35. The molecule has 1 aromatic carbocycles. The number of methoxy groups -OCH3 is 1. The third kappa shape index (κ3) is 7.76. The van der Waals surface area contributed by atoms with E-state index in [1.165, 1.54) is 0 Å². The zero-order valence-electron chi connectivity index (χ0n) is 15.8. The number of hydrogen-bond donors (Lipinski definition) is 2. The van der Waals surface area contributed by atoms with Gasteiger partial charge in [0.1, 0.15) is 5.75 Å². The van der Waals surface area contributed by atoms with E-state index in [1.807, 2.05) is 31.2 Å². The van der Waals surface area contributed by atoms with E-state index in [9.17, 15) is 9.90 Å². The number of nitrogens with zero attached hydrogens (tertiary/aromatic N) is 2. The first-order valence-electron chi connectivity index (χ1n) is 9.07. The van der Waals surface area contributed by atoms with Crippen LogP contribution in [0.2, 0.25) is 0 Å². The predicted molar refractivity (Wildman–Crippen MR) is 98.3 cm³/mol. The molecule has 0 fully saturated rings. The molecule has 2 N–H and O–H groups in total. The molecular formula is C19H27N3O5. The second-order valence-electron chi connectivity index (χ2n) is 6.18. The first-order chi connectivity index (χ1) is 13.1. The Bertz CT molecular complexity index is 687. The minimum Gasteiger partial charge on any atom is -0.497 e. The van der Waals surface area contributed by atoms with Gasteiger partial charge < -0.3 is 24.4 Å². The van der Waals surface area contributed by atoms with Crippen LogP contribution >= 0.6 is 0 Å². The summed E-state index contributed by atoms with van der Waals surface area (Å²) in [5, 5.41) is 16.4. The van der Waals surface area contributed by atoms with Gasteiger partial charge in [-0.1, -0.05) is 24.2 Å². The van der Waals surface area contributed by atoms with Gasteiger partial charge in [0.2, 0.25) is 11.8 Å². The first-order valence-corrected chi connectivity index (χ1v) is 9.07. The fraction of sp³-hybridized carbons (Fsp3) is 0.526. The molecule has 8 heteroatoms. The van der Waals surface area contributed by atoms with E-state index < -0.39 is 6.10 Å². The Balaban J connectivity index is 1.58. The largest absolute Gasteiger partial charge is 0.497 e. The predicted octanol–water partition coefficient (Wildman–Crippen LogP) is 1.66. The lowest BCUT2D eigenvalue weighted by Gasteiger charge is -2.12. The number of aliphatic hydroxyl groups is 1. The molecule has 8 nitrogen and oxygen atoms in total. The molecule has 0 spiro atoms. The number of hydrogen-bond acceptors (Lipinski definition) is 7. The third-order valence-electron chi connectivity index (χ3n) is 3.82. The topological polar surface area (TPSA) is 107 Å². The van der Waals surface area contributed by atoms with Crippen molar-refractivity contribution in [1.29, 1.82) is 0 Å². The number of carbonyl (C=O) groups is 1. The lowest BCUT2D eigenvalue weighted by molar-refractivity contribution is -0.121. The van der Waals surface area contributed by atoms with Crippen molar-refractivity contribution in [3.63, 3.8) is 0 Å². The van der Waals surface area contributed by atoms with E-state index in [0.717, 1.165) is 24.2 Å². The van der Waals surface area contributed by atoms with Gasteiger partial charge in [0, 0.05) is 25.8 Å². The lowest BCUT2D eigenvalue weighted by atomic mass is 10.2. The maximum Gasteiger partial charge on any atom is 0.227 e. The van der Waals surface area contributed by atoms with Crippen LogP contribution in [0.1, 0.15) is 37.0 Å². The van der Waals surface area contributed by atoms with Crippen molar-refractivity contribution in [3.8, 4) is 5.75 Å². The Hall–Kier alpha value is -2.45. The van der Waals surface area contributed by atoms with Crippen LogP contribution in [0.15, 0.2) is 28.8 Å². The average Bonchev–Trinajstić information content (AvgIpc) is 3.13. The van der Waals surface area contributed by atoms with Gasteiger partial charge in [-0.3, -0.25) is 4.79 Å². The van der Waals surface area contributed by atoms with Gasteiger partial charge >= 0.3 is 0 Å². The molecule has 1 amide bonds. The van der Waals surface area contributed by atoms with E-state index in [-0.39, 0.29) is 25.5 Å². The van der Waals surface area contributed by atoms with Crippen LogP contribution in [0.3, 0.4) is 0 Å². The monoisotopic (exact) mass is 377 g/mol. The fourth-order valence-electron chi connectivity index (χ4n) is 2.35. The molecule has 27 heavy (non-hydrogen) atoms. The maximum absolute atomic E-state index is 11.8. The molecular weight excluding hydrogens is 350 g/mol. The van der Waals surface area contributed by atoms with Crippen molar-refractivity contribution in [1.82, 2.24) is 15.5 Å². The van der Waals surface area contributed by atoms with Crippen LogP contribution in [0, 0.1) is 0 Å². The van der Waals surface area contributed by atoms with Crippen molar-refractivity contribution in [2.24, 2.45) is 0 Å². The quantitative estimate of drug-likeness (QED) is 0.579. The normalized spacial score (nSPS) is 12.0. The van der Waals surface area contributed by atoms with Crippen molar-refractivity contribution in [2.45, 2.75) is 45.3 Å². The molecule has 2 aromatic rings. The lowest BCUT2D eigenvalue weighted by Crippen LogP contribution is -2.34. The molecule has 0 aliphatic carbocycles. The molecule has 0 aliphatic rings. The van der Waals surface area contributed by atoms with E-state index in [2.05, 4.69) is 15.5 Å². The van der Waals surface area contributed by atoms with Gasteiger partial charge in [0.05, 0.1) is 26.4 Å². The Morgan fingerprint density at radius 3 is 2.78 bits per heavy atom. The van der Waals surface area contributed by atoms with E-state index >= 15 is 0 Å². The smallest absolute Gasteiger partial charge is 0.227 e. The zero-order chi connectivity index (χ0) is 19.5. The van der Waals surface area contributed by atoms with Gasteiger partial charge in [-0.05, 0) is 24.1 Å². The number of aryl methyl sites for hydroxylation is 2. The molecule has 0 aliphatic heterocycles. The van der Waals surface area contributed by atoms with Crippen LogP contribution < -0.4 is 10.1 Å². The summed E-state index contributed by atoms with van der Waals surface area (Å²) in [6.07, 6.45) is 1.54. The van der Waals surface area contributed by atoms with Crippen molar-refractivity contribution < 1.29 is 23.9 Å². The molecule has 148 valence electrons.